The predicted molar refractivity (Wildman–Crippen MR) is 107 cm³/mol. The van der Waals surface area contributed by atoms with Crippen molar-refractivity contribution >= 4 is 21.7 Å². The van der Waals surface area contributed by atoms with E-state index in [1.54, 1.807) is 4.90 Å². The van der Waals surface area contributed by atoms with Crippen LogP contribution in [0.3, 0.4) is 0 Å². The molecule has 1 aliphatic heterocycles. The number of fused-ring (bicyclic) bond motifs is 2. The summed E-state index contributed by atoms with van der Waals surface area (Å²) in [6, 6.07) is 1.46. The quantitative estimate of drug-likeness (QED) is 0.706. The van der Waals surface area contributed by atoms with Crippen LogP contribution in [0.5, 0.6) is 0 Å². The minimum absolute atomic E-state index is 0.127. The number of rotatable bonds is 6. The number of carbonyl (C=O) groups is 1. The fraction of sp³-hybridized carbons (Fsp3) is 0.650. The molecule has 0 atom stereocenters. The first-order chi connectivity index (χ1) is 14.1. The van der Waals surface area contributed by atoms with Gasteiger partial charge in [0.05, 0.1) is 12.2 Å². The maximum atomic E-state index is 12.5. The standard InChI is InChI=1S/C20H26F3N3O3S/c21-20(22,23)7-8-26-10-13(11-26)12-30(28,29)25-19(27)24-18-16-5-1-3-14(16)9-15-4-2-6-17(15)18/h9,13H,1-8,10-12H2,(H2,24,25,27). The SMILES string of the molecule is O=C(Nc1c2c(cc3c1CCC3)CCC2)NS(=O)(=O)CC1CN(CCC(F)(F)F)C1. The highest BCUT2D eigenvalue weighted by Gasteiger charge is 2.35. The molecule has 2 N–H and O–H groups in total. The number of nitrogens with zero attached hydrogens (tertiary/aromatic N) is 1. The molecule has 0 aromatic heterocycles. The van der Waals surface area contributed by atoms with Crippen LogP contribution in [0, 0.1) is 5.92 Å². The van der Waals surface area contributed by atoms with Gasteiger partial charge in [-0.25, -0.2) is 17.9 Å². The van der Waals surface area contributed by atoms with Gasteiger partial charge >= 0.3 is 12.2 Å². The number of sulfonamides is 1. The Morgan fingerprint density at radius 2 is 1.67 bits per heavy atom. The molecule has 4 rings (SSSR count). The number of urea groups is 1. The van der Waals surface area contributed by atoms with Gasteiger partial charge in [0.1, 0.15) is 0 Å². The summed E-state index contributed by atoms with van der Waals surface area (Å²) in [7, 11) is -3.87. The minimum atomic E-state index is -4.21. The Bertz CT molecular complexity index is 909. The van der Waals surface area contributed by atoms with Crippen molar-refractivity contribution in [2.24, 2.45) is 5.92 Å². The second kappa shape index (κ2) is 8.03. The van der Waals surface area contributed by atoms with Crippen LogP contribution in [0.4, 0.5) is 23.7 Å². The lowest BCUT2D eigenvalue weighted by Gasteiger charge is -2.39. The van der Waals surface area contributed by atoms with Crippen molar-refractivity contribution in [1.29, 1.82) is 0 Å². The van der Waals surface area contributed by atoms with Gasteiger partial charge in [-0.2, -0.15) is 13.2 Å². The molecule has 1 heterocycles. The van der Waals surface area contributed by atoms with Gasteiger partial charge in [-0.1, -0.05) is 6.07 Å². The zero-order chi connectivity index (χ0) is 21.5. The van der Waals surface area contributed by atoms with Gasteiger partial charge in [0, 0.05) is 31.2 Å². The third kappa shape index (κ3) is 4.91. The maximum absolute atomic E-state index is 12.5. The molecule has 10 heteroatoms. The highest BCUT2D eigenvalue weighted by atomic mass is 32.2. The van der Waals surface area contributed by atoms with Crippen molar-refractivity contribution in [2.75, 3.05) is 30.7 Å². The number of likely N-dealkylation sites (tertiary alicyclic amines) is 1. The fourth-order valence-corrected chi connectivity index (χ4v) is 6.10. The molecule has 2 aliphatic carbocycles. The van der Waals surface area contributed by atoms with Crippen molar-refractivity contribution < 1.29 is 26.4 Å². The minimum Gasteiger partial charge on any atom is -0.307 e. The zero-order valence-electron chi connectivity index (χ0n) is 16.6. The van der Waals surface area contributed by atoms with Crippen LogP contribution in [0.2, 0.25) is 0 Å². The van der Waals surface area contributed by atoms with Crippen molar-refractivity contribution in [3.63, 3.8) is 0 Å². The van der Waals surface area contributed by atoms with Gasteiger partial charge in [0.15, 0.2) is 0 Å². The third-order valence-corrected chi connectivity index (χ3v) is 7.57. The van der Waals surface area contributed by atoms with Crippen LogP contribution in [-0.2, 0) is 35.7 Å². The van der Waals surface area contributed by atoms with Gasteiger partial charge in [-0.3, -0.25) is 0 Å². The molecule has 1 aromatic rings. The monoisotopic (exact) mass is 445 g/mol. The van der Waals surface area contributed by atoms with Gasteiger partial charge in [0.2, 0.25) is 10.0 Å². The lowest BCUT2D eigenvalue weighted by atomic mass is 9.99. The molecule has 0 bridgehead atoms. The van der Waals surface area contributed by atoms with E-state index >= 15 is 0 Å². The summed E-state index contributed by atoms with van der Waals surface area (Å²) in [5.41, 5.74) is 5.47. The molecule has 1 saturated heterocycles. The second-order valence-corrected chi connectivity index (χ2v) is 10.3. The van der Waals surface area contributed by atoms with E-state index in [2.05, 4.69) is 16.1 Å². The molecule has 3 aliphatic rings. The van der Waals surface area contributed by atoms with Crippen molar-refractivity contribution in [3.8, 4) is 0 Å². The lowest BCUT2D eigenvalue weighted by Crippen LogP contribution is -2.52. The normalized spacial score (nSPS) is 19.3. The van der Waals surface area contributed by atoms with E-state index < -0.39 is 28.7 Å². The number of alkyl halides is 3. The summed E-state index contributed by atoms with van der Waals surface area (Å²) in [6.07, 6.45) is 0.640. The maximum Gasteiger partial charge on any atom is 0.390 e. The van der Waals surface area contributed by atoms with Gasteiger partial charge in [-0.15, -0.1) is 0 Å². The van der Waals surface area contributed by atoms with Gasteiger partial charge < -0.3 is 10.2 Å². The number of amides is 2. The van der Waals surface area contributed by atoms with Crippen molar-refractivity contribution in [1.82, 2.24) is 9.62 Å². The number of halogens is 3. The topological polar surface area (TPSA) is 78.5 Å². The summed E-state index contributed by atoms with van der Waals surface area (Å²) in [5.74, 6) is -0.540. The Labute approximate surface area is 174 Å². The van der Waals surface area contributed by atoms with Crippen LogP contribution in [-0.4, -0.2) is 50.9 Å². The molecule has 6 nitrogen and oxygen atoms in total. The Hall–Kier alpha value is -1.81. The molecule has 0 unspecified atom stereocenters. The fourth-order valence-electron chi connectivity index (χ4n) is 4.85. The first kappa shape index (κ1) is 21.4. The van der Waals surface area contributed by atoms with E-state index in [0.29, 0.717) is 0 Å². The summed E-state index contributed by atoms with van der Waals surface area (Å²) >= 11 is 0. The highest BCUT2D eigenvalue weighted by Crippen LogP contribution is 2.38. The Morgan fingerprint density at radius 1 is 1.07 bits per heavy atom. The molecule has 0 spiro atoms. The first-order valence-corrected chi connectivity index (χ1v) is 12.0. The van der Waals surface area contributed by atoms with Crippen molar-refractivity contribution in [2.45, 2.75) is 51.1 Å². The van der Waals surface area contributed by atoms with Gasteiger partial charge in [0.25, 0.3) is 0 Å². The Kier molecular flexibility index (Phi) is 5.73. The number of anilines is 1. The van der Waals surface area contributed by atoms with Crippen LogP contribution in [0.1, 0.15) is 41.5 Å². The largest absolute Gasteiger partial charge is 0.390 e. The number of carbonyl (C=O) groups excluding carboxylic acids is 1. The number of aryl methyl sites for hydroxylation is 2. The van der Waals surface area contributed by atoms with Crippen LogP contribution >= 0.6 is 0 Å². The molecular weight excluding hydrogens is 419 g/mol. The summed E-state index contributed by atoms with van der Waals surface area (Å²) in [4.78, 5) is 14.0. The molecule has 1 fully saturated rings. The predicted octanol–water partition coefficient (Wildman–Crippen LogP) is 3.00. The van der Waals surface area contributed by atoms with E-state index in [1.807, 2.05) is 0 Å². The Morgan fingerprint density at radius 3 is 2.23 bits per heavy atom. The van der Waals surface area contributed by atoms with E-state index in [1.165, 1.54) is 11.1 Å². The smallest absolute Gasteiger partial charge is 0.307 e. The van der Waals surface area contributed by atoms with E-state index in [9.17, 15) is 26.4 Å². The number of benzene rings is 1. The van der Waals surface area contributed by atoms with Crippen LogP contribution in [0.15, 0.2) is 6.07 Å². The number of hydrogen-bond donors (Lipinski definition) is 2. The van der Waals surface area contributed by atoms with Crippen LogP contribution < -0.4 is 10.0 Å². The zero-order valence-corrected chi connectivity index (χ0v) is 17.5. The first-order valence-electron chi connectivity index (χ1n) is 10.4. The van der Waals surface area contributed by atoms with E-state index in [4.69, 9.17) is 0 Å². The molecule has 0 saturated carbocycles. The van der Waals surface area contributed by atoms with E-state index in [-0.39, 0.29) is 31.3 Å². The highest BCUT2D eigenvalue weighted by molar-refractivity contribution is 7.90. The summed E-state index contributed by atoms with van der Waals surface area (Å²) in [6.45, 7) is 0.453. The molecule has 0 radical (unpaired) electrons. The molecule has 2 amide bonds. The second-order valence-electron chi connectivity index (χ2n) is 8.56. The average molecular weight is 446 g/mol. The van der Waals surface area contributed by atoms with Crippen LogP contribution in [0.25, 0.3) is 0 Å². The molecular formula is C20H26F3N3O3S. The third-order valence-electron chi connectivity index (χ3n) is 6.16. The van der Waals surface area contributed by atoms with Gasteiger partial charge in [-0.05, 0) is 60.8 Å². The molecule has 166 valence electrons. The Balaban J connectivity index is 1.32. The molecule has 30 heavy (non-hydrogen) atoms. The number of hydrogen-bond acceptors (Lipinski definition) is 4. The molecule has 1 aromatic carbocycles. The average Bonchev–Trinajstić information content (AvgIpc) is 3.23. The van der Waals surface area contributed by atoms with E-state index in [0.717, 1.165) is 55.3 Å². The lowest BCUT2D eigenvalue weighted by molar-refractivity contribution is -0.141. The summed E-state index contributed by atoms with van der Waals surface area (Å²) in [5, 5.41) is 2.79. The van der Waals surface area contributed by atoms with Crippen molar-refractivity contribution in [3.05, 3.63) is 28.3 Å². The summed E-state index contributed by atoms with van der Waals surface area (Å²) < 4.78 is 63.6. The number of nitrogens with one attached hydrogen (secondary N) is 2.